The van der Waals surface area contributed by atoms with Crippen molar-refractivity contribution < 1.29 is 14.3 Å². The van der Waals surface area contributed by atoms with Crippen LogP contribution in [0.2, 0.25) is 0 Å². The van der Waals surface area contributed by atoms with Gasteiger partial charge in [-0.25, -0.2) is 0 Å². The third kappa shape index (κ3) is 1.90. The quantitative estimate of drug-likeness (QED) is 0.840. The van der Waals surface area contributed by atoms with Crippen LogP contribution in [0.4, 0.5) is 0 Å². The minimum atomic E-state index is -0.241. The lowest BCUT2D eigenvalue weighted by Crippen LogP contribution is -2.17. The Morgan fingerprint density at radius 3 is 2.63 bits per heavy atom. The summed E-state index contributed by atoms with van der Waals surface area (Å²) < 4.78 is 4.93. The molecule has 1 heterocycles. The van der Waals surface area contributed by atoms with E-state index in [9.17, 15) is 9.59 Å². The number of carbonyl (C=O) groups excluding carboxylic acids is 2. The lowest BCUT2D eigenvalue weighted by Gasteiger charge is -2.14. The van der Waals surface area contributed by atoms with Crippen LogP contribution in [0.1, 0.15) is 20.7 Å². The monoisotopic (exact) mass is 270 g/mol. The van der Waals surface area contributed by atoms with E-state index >= 15 is 0 Å². The van der Waals surface area contributed by atoms with Crippen molar-refractivity contribution in [2.75, 3.05) is 7.11 Å². The summed E-state index contributed by atoms with van der Waals surface area (Å²) in [7, 11) is 1.39. The van der Waals surface area contributed by atoms with E-state index in [0.29, 0.717) is 11.1 Å². The zero-order valence-corrected chi connectivity index (χ0v) is 11.0. The van der Waals surface area contributed by atoms with Crippen molar-refractivity contribution in [3.63, 3.8) is 0 Å². The molecule has 0 spiro atoms. The molecule has 0 radical (unpaired) electrons. The smallest absolute Gasteiger partial charge is 0.228 e. The first-order chi connectivity index (χ1) is 9.20. The second-order valence-corrected chi connectivity index (χ2v) is 5.09. The first-order valence-electron chi connectivity index (χ1n) is 5.73. The summed E-state index contributed by atoms with van der Waals surface area (Å²) in [5.41, 5.74) is 1.80. The standard InChI is InChI=1S/C15H10O3S/c1-18-13-8-12(16)11-7-9(14-3-2-6-19-14)4-5-10(11)15(13)17/h2-8H,1H3. The molecule has 0 saturated carbocycles. The molecule has 1 aliphatic carbocycles. The molecule has 19 heavy (non-hydrogen) atoms. The van der Waals surface area contributed by atoms with Gasteiger partial charge in [0.05, 0.1) is 7.11 Å². The molecule has 0 unspecified atom stereocenters. The van der Waals surface area contributed by atoms with Crippen LogP contribution in [0.25, 0.3) is 10.4 Å². The van der Waals surface area contributed by atoms with Crippen LogP contribution in [0.5, 0.6) is 0 Å². The van der Waals surface area contributed by atoms with Crippen molar-refractivity contribution in [3.05, 3.63) is 58.7 Å². The SMILES string of the molecule is COC1=CC(=O)c2cc(-c3cccs3)ccc2C1=O. The van der Waals surface area contributed by atoms with Gasteiger partial charge < -0.3 is 4.74 Å². The molecule has 0 aliphatic heterocycles. The molecular formula is C15H10O3S. The molecule has 94 valence electrons. The van der Waals surface area contributed by atoms with Crippen LogP contribution < -0.4 is 0 Å². The lowest BCUT2D eigenvalue weighted by atomic mass is 9.91. The van der Waals surface area contributed by atoms with Crippen LogP contribution >= 0.6 is 11.3 Å². The zero-order valence-electron chi connectivity index (χ0n) is 10.2. The predicted octanol–water partition coefficient (Wildman–Crippen LogP) is 3.32. The minimum absolute atomic E-state index is 0.0985. The van der Waals surface area contributed by atoms with E-state index in [1.54, 1.807) is 23.5 Å². The maximum absolute atomic E-state index is 12.0. The molecule has 1 aliphatic rings. The van der Waals surface area contributed by atoms with Crippen molar-refractivity contribution in [3.8, 4) is 10.4 Å². The molecule has 1 aromatic carbocycles. The Balaban J connectivity index is 2.13. The van der Waals surface area contributed by atoms with Crippen molar-refractivity contribution in [1.29, 1.82) is 0 Å². The highest BCUT2D eigenvalue weighted by Gasteiger charge is 2.26. The van der Waals surface area contributed by atoms with E-state index < -0.39 is 0 Å². The zero-order chi connectivity index (χ0) is 13.4. The van der Waals surface area contributed by atoms with Gasteiger partial charge in [0.1, 0.15) is 0 Å². The van der Waals surface area contributed by atoms with Crippen molar-refractivity contribution in [2.45, 2.75) is 0 Å². The van der Waals surface area contributed by atoms with Crippen molar-refractivity contribution in [1.82, 2.24) is 0 Å². The van der Waals surface area contributed by atoms with Gasteiger partial charge in [-0.3, -0.25) is 9.59 Å². The molecule has 0 bridgehead atoms. The van der Waals surface area contributed by atoms with Gasteiger partial charge in [-0.1, -0.05) is 12.1 Å². The van der Waals surface area contributed by atoms with Gasteiger partial charge in [-0.2, -0.15) is 0 Å². The number of ether oxygens (including phenoxy) is 1. The highest BCUT2D eigenvalue weighted by atomic mass is 32.1. The molecule has 3 nitrogen and oxygen atoms in total. The molecule has 4 heteroatoms. The van der Waals surface area contributed by atoms with E-state index in [-0.39, 0.29) is 17.3 Å². The van der Waals surface area contributed by atoms with Crippen LogP contribution in [-0.4, -0.2) is 18.7 Å². The normalized spacial score (nSPS) is 14.1. The van der Waals surface area contributed by atoms with Crippen molar-refractivity contribution >= 4 is 22.9 Å². The Labute approximate surface area is 114 Å². The fraction of sp³-hybridized carbons (Fsp3) is 0.0667. The lowest BCUT2D eigenvalue weighted by molar-refractivity contribution is 0.0917. The number of rotatable bonds is 2. The number of ketones is 2. The van der Waals surface area contributed by atoms with E-state index in [4.69, 9.17) is 4.74 Å². The number of thiophene rings is 1. The topological polar surface area (TPSA) is 43.4 Å². The Morgan fingerprint density at radius 1 is 1.11 bits per heavy atom. The highest BCUT2D eigenvalue weighted by Crippen LogP contribution is 2.29. The summed E-state index contributed by atoms with van der Waals surface area (Å²) in [6.45, 7) is 0. The van der Waals surface area contributed by atoms with Gasteiger partial charge >= 0.3 is 0 Å². The molecule has 3 rings (SSSR count). The average Bonchev–Trinajstić information content (AvgIpc) is 2.96. The molecule has 2 aromatic rings. The number of hydrogen-bond donors (Lipinski definition) is 0. The van der Waals surface area contributed by atoms with E-state index in [2.05, 4.69) is 0 Å². The average molecular weight is 270 g/mol. The Hall–Kier alpha value is -2.20. The molecular weight excluding hydrogens is 260 g/mol. The highest BCUT2D eigenvalue weighted by molar-refractivity contribution is 7.13. The summed E-state index contributed by atoms with van der Waals surface area (Å²) in [5, 5.41) is 1.98. The number of methoxy groups -OCH3 is 1. The summed E-state index contributed by atoms with van der Waals surface area (Å²) >= 11 is 1.60. The molecule has 0 fully saturated rings. The number of carbonyl (C=O) groups is 2. The Bertz CT molecular complexity index is 696. The largest absolute Gasteiger partial charge is 0.492 e. The Kier molecular flexibility index (Phi) is 2.80. The fourth-order valence-electron chi connectivity index (χ4n) is 2.09. The number of Topliss-reactive ketones (excluding diaryl/α,β-unsaturated/α-hetero) is 1. The van der Waals surface area contributed by atoms with Crippen LogP contribution in [0.3, 0.4) is 0 Å². The maximum Gasteiger partial charge on any atom is 0.228 e. The van der Waals surface area contributed by atoms with Crippen LogP contribution in [0, 0.1) is 0 Å². The van der Waals surface area contributed by atoms with Gasteiger partial charge in [0.2, 0.25) is 5.78 Å². The molecule has 0 amide bonds. The molecule has 1 aromatic heterocycles. The molecule has 0 saturated heterocycles. The molecule has 0 N–H and O–H groups in total. The van der Waals surface area contributed by atoms with Crippen LogP contribution in [-0.2, 0) is 4.74 Å². The first-order valence-corrected chi connectivity index (χ1v) is 6.61. The van der Waals surface area contributed by atoms with Gasteiger partial charge in [0.15, 0.2) is 11.5 Å². The summed E-state index contributed by atoms with van der Waals surface area (Å²) in [6.07, 6.45) is 1.25. The minimum Gasteiger partial charge on any atom is -0.492 e. The number of allylic oxidation sites excluding steroid dienone is 2. The van der Waals surface area contributed by atoms with E-state index in [1.165, 1.54) is 13.2 Å². The van der Waals surface area contributed by atoms with Gasteiger partial charge in [0, 0.05) is 22.1 Å². The number of hydrogen-bond acceptors (Lipinski definition) is 4. The summed E-state index contributed by atoms with van der Waals surface area (Å²) in [5.74, 6) is -0.332. The third-order valence-corrected chi connectivity index (χ3v) is 3.96. The molecule has 0 atom stereocenters. The second-order valence-electron chi connectivity index (χ2n) is 4.14. The first kappa shape index (κ1) is 11.9. The van der Waals surface area contributed by atoms with Gasteiger partial charge in [-0.15, -0.1) is 11.3 Å². The Morgan fingerprint density at radius 2 is 1.95 bits per heavy atom. The third-order valence-electron chi connectivity index (χ3n) is 3.04. The summed E-state index contributed by atoms with van der Waals surface area (Å²) in [4.78, 5) is 25.1. The van der Waals surface area contributed by atoms with E-state index in [1.807, 2.05) is 23.6 Å². The number of fused-ring (bicyclic) bond motifs is 1. The van der Waals surface area contributed by atoms with Crippen molar-refractivity contribution in [2.24, 2.45) is 0 Å². The van der Waals surface area contributed by atoms with Gasteiger partial charge in [0.25, 0.3) is 0 Å². The fourth-order valence-corrected chi connectivity index (χ4v) is 2.81. The number of benzene rings is 1. The predicted molar refractivity (Wildman–Crippen MR) is 73.5 cm³/mol. The second kappa shape index (κ2) is 4.48. The van der Waals surface area contributed by atoms with Gasteiger partial charge in [-0.05, 0) is 29.1 Å². The van der Waals surface area contributed by atoms with E-state index in [0.717, 1.165) is 10.4 Å². The maximum atomic E-state index is 12.0. The van der Waals surface area contributed by atoms with Crippen LogP contribution in [0.15, 0.2) is 47.5 Å². The summed E-state index contributed by atoms with van der Waals surface area (Å²) in [6, 6.07) is 9.25.